The number of nitrogens with two attached hydrogens (primary N) is 1. The fourth-order valence-corrected chi connectivity index (χ4v) is 1.75. The third-order valence-electron chi connectivity index (χ3n) is 0.492. The standard InChI is InChI=1S/CH2F5NO4S2/c2-1(3,4)12(8,9)11-13(5,6,7)10/h(H2,7,10). The Morgan fingerprint density at radius 1 is 1.23 bits per heavy atom. The molecule has 0 fully saturated rings. The maximum absolute atomic E-state index is 11.7. The average Bonchev–Trinajstić information content (AvgIpc) is 1.48. The van der Waals surface area contributed by atoms with Gasteiger partial charge in [-0.3, -0.25) is 0 Å². The summed E-state index contributed by atoms with van der Waals surface area (Å²) in [6, 6.07) is 0. The van der Waals surface area contributed by atoms with Crippen molar-refractivity contribution in [2.45, 2.75) is 5.51 Å². The summed E-state index contributed by atoms with van der Waals surface area (Å²) in [6.45, 7) is 0. The zero-order valence-corrected chi connectivity index (χ0v) is 7.05. The van der Waals surface area contributed by atoms with Gasteiger partial charge in [0.2, 0.25) is 0 Å². The molecule has 0 aromatic carbocycles. The van der Waals surface area contributed by atoms with Gasteiger partial charge in [0.1, 0.15) is 10.3 Å². The summed E-state index contributed by atoms with van der Waals surface area (Å²) in [5.74, 6) is 0. The molecule has 0 bridgehead atoms. The van der Waals surface area contributed by atoms with Crippen molar-refractivity contribution >= 4 is 20.4 Å². The molecule has 0 heterocycles. The van der Waals surface area contributed by atoms with Gasteiger partial charge in [0.25, 0.3) is 0 Å². The summed E-state index contributed by atoms with van der Waals surface area (Å²) < 4.78 is 88.5. The first-order valence-electron chi connectivity index (χ1n) is 2.15. The van der Waals surface area contributed by atoms with Gasteiger partial charge in [0, 0.05) is 0 Å². The zero-order valence-electron chi connectivity index (χ0n) is 5.42. The number of halogens is 5. The van der Waals surface area contributed by atoms with Gasteiger partial charge >= 0.3 is 15.6 Å². The molecular formula is CH2F5NO4S2. The SMILES string of the molecule is NS(=O)(F)(F)OS(=O)(=O)C(F)(F)F. The topological polar surface area (TPSA) is 86.5 Å². The highest BCUT2D eigenvalue weighted by Crippen LogP contribution is 2.33. The van der Waals surface area contributed by atoms with Crippen molar-refractivity contribution in [2.75, 3.05) is 0 Å². The monoisotopic (exact) mass is 251 g/mol. The van der Waals surface area contributed by atoms with Gasteiger partial charge in [-0.1, -0.05) is 11.4 Å². The second kappa shape index (κ2) is 2.59. The first-order chi connectivity index (χ1) is 5.21. The normalized spacial score (nSPS) is 17.8. The molecule has 12 heteroatoms. The largest absolute Gasteiger partial charge is 0.524 e. The molecule has 13 heavy (non-hydrogen) atoms. The Labute approximate surface area is 69.1 Å². The van der Waals surface area contributed by atoms with Gasteiger partial charge in [-0.25, -0.2) is 0 Å². The van der Waals surface area contributed by atoms with Crippen molar-refractivity contribution in [3.05, 3.63) is 0 Å². The summed E-state index contributed by atoms with van der Waals surface area (Å²) in [4.78, 5) is 0. The summed E-state index contributed by atoms with van der Waals surface area (Å²) >= 11 is 0. The van der Waals surface area contributed by atoms with Crippen LogP contribution in [-0.2, 0) is 24.1 Å². The van der Waals surface area contributed by atoms with Crippen molar-refractivity contribution in [1.82, 2.24) is 0 Å². The van der Waals surface area contributed by atoms with E-state index in [2.05, 4.69) is 5.14 Å². The minimum atomic E-state index is -7.68. The number of hydrogen-bond donors (Lipinski definition) is 1. The molecule has 0 aliphatic rings. The minimum absolute atomic E-state index is 2.02. The number of hydrogen-bond acceptors (Lipinski definition) is 4. The van der Waals surface area contributed by atoms with Gasteiger partial charge in [-0.2, -0.15) is 26.7 Å². The second-order valence-electron chi connectivity index (χ2n) is 1.72. The highest BCUT2D eigenvalue weighted by Gasteiger charge is 2.52. The molecule has 0 unspecified atom stereocenters. The van der Waals surface area contributed by atoms with E-state index in [1.54, 1.807) is 0 Å². The third-order valence-corrected chi connectivity index (χ3v) is 2.72. The summed E-state index contributed by atoms with van der Waals surface area (Å²) in [5, 5.41) is 3.38. The molecule has 0 aliphatic heterocycles. The number of alkyl halides is 3. The van der Waals surface area contributed by atoms with Crippen LogP contribution in [0.4, 0.5) is 20.9 Å². The maximum Gasteiger partial charge on any atom is 0.524 e. The van der Waals surface area contributed by atoms with E-state index >= 15 is 0 Å². The molecule has 0 aromatic heterocycles. The molecule has 0 aliphatic carbocycles. The number of rotatable bonds is 2. The fourth-order valence-electron chi connectivity index (χ4n) is 0.195. The Balaban J connectivity index is 5.10. The molecule has 0 saturated heterocycles. The Morgan fingerprint density at radius 2 is 1.54 bits per heavy atom. The lowest BCUT2D eigenvalue weighted by molar-refractivity contribution is -0.0504. The first kappa shape index (κ1) is 12.7. The van der Waals surface area contributed by atoms with Crippen molar-refractivity contribution in [2.24, 2.45) is 5.14 Å². The van der Waals surface area contributed by atoms with Gasteiger partial charge < -0.3 is 0 Å². The molecule has 2 N–H and O–H groups in total. The van der Waals surface area contributed by atoms with Crippen molar-refractivity contribution in [1.29, 1.82) is 0 Å². The molecule has 0 spiro atoms. The Morgan fingerprint density at radius 3 is 1.62 bits per heavy atom. The predicted molar refractivity (Wildman–Crippen MR) is 30.6 cm³/mol. The van der Waals surface area contributed by atoms with E-state index in [-0.39, 0.29) is 0 Å². The quantitative estimate of drug-likeness (QED) is 0.432. The zero-order chi connectivity index (χ0) is 11.2. The van der Waals surface area contributed by atoms with Crippen LogP contribution in [-0.4, -0.2) is 18.1 Å². The van der Waals surface area contributed by atoms with Crippen LogP contribution in [0.2, 0.25) is 0 Å². The Bertz CT molecular complexity index is 349. The van der Waals surface area contributed by atoms with Gasteiger partial charge in [-0.15, -0.1) is 4.21 Å². The average molecular weight is 251 g/mol. The second-order valence-corrected chi connectivity index (χ2v) is 5.13. The lowest BCUT2D eigenvalue weighted by Crippen LogP contribution is -2.40. The molecule has 0 saturated carbocycles. The lowest BCUT2D eigenvalue weighted by Gasteiger charge is -2.22. The molecule has 0 amide bonds. The van der Waals surface area contributed by atoms with E-state index in [0.717, 1.165) is 0 Å². The van der Waals surface area contributed by atoms with E-state index in [9.17, 15) is 33.6 Å². The van der Waals surface area contributed by atoms with Crippen molar-refractivity contribution < 1.29 is 37.2 Å². The van der Waals surface area contributed by atoms with Crippen LogP contribution < -0.4 is 5.14 Å². The van der Waals surface area contributed by atoms with Crippen molar-refractivity contribution in [3.63, 3.8) is 0 Å². The van der Waals surface area contributed by atoms with Crippen LogP contribution >= 0.6 is 0 Å². The van der Waals surface area contributed by atoms with Gasteiger partial charge in [0.15, 0.2) is 0 Å². The molecular weight excluding hydrogens is 249 g/mol. The third kappa shape index (κ3) is 4.44. The minimum Gasteiger partial charge on any atom is -0.188 e. The fraction of sp³-hybridized carbons (Fsp3) is 1.00. The molecule has 0 atom stereocenters. The van der Waals surface area contributed by atoms with E-state index in [0.29, 0.717) is 0 Å². The lowest BCUT2D eigenvalue weighted by atomic mass is 11.6. The molecule has 0 rings (SSSR count). The van der Waals surface area contributed by atoms with E-state index in [1.165, 1.54) is 0 Å². The molecule has 5 nitrogen and oxygen atoms in total. The maximum atomic E-state index is 11.7. The first-order valence-corrected chi connectivity index (χ1v) is 5.31. The van der Waals surface area contributed by atoms with Gasteiger partial charge in [-0.05, 0) is 0 Å². The highest BCUT2D eigenvalue weighted by atomic mass is 32.4. The van der Waals surface area contributed by atoms with E-state index < -0.39 is 25.9 Å². The Hall–Kier alpha value is -0.330. The van der Waals surface area contributed by atoms with Gasteiger partial charge in [0.05, 0.1) is 0 Å². The van der Waals surface area contributed by atoms with Crippen LogP contribution in [0.3, 0.4) is 0 Å². The van der Waals surface area contributed by atoms with Crippen LogP contribution in [0.25, 0.3) is 0 Å². The van der Waals surface area contributed by atoms with Crippen molar-refractivity contribution in [3.8, 4) is 0 Å². The van der Waals surface area contributed by atoms with E-state index in [1.807, 2.05) is 3.63 Å². The van der Waals surface area contributed by atoms with E-state index in [4.69, 9.17) is 0 Å². The summed E-state index contributed by atoms with van der Waals surface area (Å²) in [6.07, 6.45) is 0. The van der Waals surface area contributed by atoms with Crippen LogP contribution in [0, 0.1) is 0 Å². The smallest absolute Gasteiger partial charge is 0.188 e. The summed E-state index contributed by atoms with van der Waals surface area (Å²) in [7, 11) is -14.3. The predicted octanol–water partition coefficient (Wildman–Crippen LogP) is 0.230. The highest BCUT2D eigenvalue weighted by molar-refractivity contribution is 8.11. The molecule has 0 radical (unpaired) electrons. The molecule has 82 valence electrons. The Kier molecular flexibility index (Phi) is 2.52. The van der Waals surface area contributed by atoms with Crippen LogP contribution in [0.5, 0.6) is 0 Å². The van der Waals surface area contributed by atoms with Crippen LogP contribution in [0.1, 0.15) is 0 Å². The molecule has 0 aromatic rings. The van der Waals surface area contributed by atoms with Crippen LogP contribution in [0.15, 0.2) is 0 Å². The summed E-state index contributed by atoms with van der Waals surface area (Å²) in [5.41, 5.74) is -6.10.